The van der Waals surface area contributed by atoms with Gasteiger partial charge in [-0.2, -0.15) is 4.98 Å². The van der Waals surface area contributed by atoms with Crippen LogP contribution in [-0.4, -0.2) is 34.5 Å². The van der Waals surface area contributed by atoms with Gasteiger partial charge in [-0.15, -0.1) is 11.3 Å². The number of rotatable bonds is 8. The van der Waals surface area contributed by atoms with Gasteiger partial charge in [0.15, 0.2) is 12.4 Å². The van der Waals surface area contributed by atoms with Crippen LogP contribution in [0.1, 0.15) is 22.2 Å². The largest absolute Gasteiger partial charge is 0.483 e. The van der Waals surface area contributed by atoms with Crippen LogP contribution in [0.5, 0.6) is 5.75 Å². The number of para-hydroxylation sites is 1. The Balaban J connectivity index is 1.46. The summed E-state index contributed by atoms with van der Waals surface area (Å²) in [7, 11) is 1.79. The third kappa shape index (κ3) is 4.92. The zero-order chi connectivity index (χ0) is 18.4. The molecule has 26 heavy (non-hydrogen) atoms. The van der Waals surface area contributed by atoms with Crippen molar-refractivity contribution < 1.29 is 14.1 Å². The molecule has 3 rings (SSSR count). The first-order chi connectivity index (χ1) is 12.6. The number of carbonyl (C=O) groups excluding carboxylic acids is 1. The monoisotopic (exact) mass is 371 g/mol. The molecule has 6 nitrogen and oxygen atoms in total. The van der Waals surface area contributed by atoms with Gasteiger partial charge in [-0.3, -0.25) is 4.79 Å². The number of hydrogen-bond donors (Lipinski definition) is 0. The van der Waals surface area contributed by atoms with Crippen LogP contribution in [0.2, 0.25) is 0 Å². The lowest BCUT2D eigenvalue weighted by Crippen LogP contribution is -2.30. The van der Waals surface area contributed by atoms with Crippen molar-refractivity contribution in [1.29, 1.82) is 0 Å². The minimum Gasteiger partial charge on any atom is -0.483 e. The molecule has 0 aliphatic rings. The maximum atomic E-state index is 12.2. The summed E-state index contributed by atoms with van der Waals surface area (Å²) >= 11 is 1.59. The maximum absolute atomic E-state index is 12.2. The molecule has 0 spiro atoms. The van der Waals surface area contributed by atoms with Gasteiger partial charge in [0.25, 0.3) is 5.89 Å². The van der Waals surface area contributed by atoms with Crippen molar-refractivity contribution in [3.8, 4) is 5.75 Å². The van der Waals surface area contributed by atoms with E-state index < -0.39 is 0 Å². The molecule has 1 aromatic carbocycles. The van der Waals surface area contributed by atoms with Gasteiger partial charge in [-0.05, 0) is 30.0 Å². The van der Waals surface area contributed by atoms with Crippen LogP contribution in [0, 0.1) is 6.92 Å². The summed E-state index contributed by atoms with van der Waals surface area (Å²) in [4.78, 5) is 19.3. The molecule has 1 amide bonds. The zero-order valence-electron chi connectivity index (χ0n) is 14.8. The van der Waals surface area contributed by atoms with Gasteiger partial charge < -0.3 is 14.2 Å². The highest BCUT2D eigenvalue weighted by atomic mass is 32.1. The predicted octanol–water partition coefficient (Wildman–Crippen LogP) is 3.26. The van der Waals surface area contributed by atoms with Crippen molar-refractivity contribution in [1.82, 2.24) is 15.0 Å². The summed E-state index contributed by atoms with van der Waals surface area (Å²) in [6.07, 6.45) is 0.969. The van der Waals surface area contributed by atoms with E-state index in [1.54, 1.807) is 23.3 Å². The van der Waals surface area contributed by atoms with Crippen LogP contribution in [0.15, 0.2) is 46.3 Å². The summed E-state index contributed by atoms with van der Waals surface area (Å²) in [6.45, 7) is 2.75. The lowest BCUT2D eigenvalue weighted by atomic mass is 10.2. The van der Waals surface area contributed by atoms with E-state index in [9.17, 15) is 4.79 Å². The van der Waals surface area contributed by atoms with E-state index in [-0.39, 0.29) is 12.5 Å². The standard InChI is InChI=1S/C19H21N3O3S/c1-14-6-3-4-8-16(14)24-13-18-20-17(21-25-18)9-10-22(2)19(23)12-15-7-5-11-26-15/h3-8,11H,9-10,12-13H2,1-2H3. The van der Waals surface area contributed by atoms with Gasteiger partial charge >= 0.3 is 0 Å². The Morgan fingerprint density at radius 2 is 2.12 bits per heavy atom. The smallest absolute Gasteiger partial charge is 0.264 e. The SMILES string of the molecule is Cc1ccccc1OCc1nc(CCN(C)C(=O)Cc2cccs2)no1. The first kappa shape index (κ1) is 18.1. The number of carbonyl (C=O) groups is 1. The van der Waals surface area contributed by atoms with E-state index in [4.69, 9.17) is 9.26 Å². The molecule has 2 heterocycles. The number of aromatic nitrogens is 2. The first-order valence-corrected chi connectivity index (χ1v) is 9.26. The van der Waals surface area contributed by atoms with E-state index >= 15 is 0 Å². The Labute approximate surface area is 156 Å². The van der Waals surface area contributed by atoms with Crippen LogP contribution in [0.25, 0.3) is 0 Å². The molecule has 0 bridgehead atoms. The Kier molecular flexibility index (Phi) is 6.01. The number of aryl methyl sites for hydroxylation is 1. The average molecular weight is 371 g/mol. The molecule has 0 saturated heterocycles. The highest BCUT2D eigenvalue weighted by Crippen LogP contribution is 2.17. The molecule has 0 saturated carbocycles. The molecule has 0 fully saturated rings. The van der Waals surface area contributed by atoms with Crippen molar-refractivity contribution in [3.05, 3.63) is 63.9 Å². The molecule has 0 atom stereocenters. The topological polar surface area (TPSA) is 68.5 Å². The molecule has 2 aromatic heterocycles. The molecule has 7 heteroatoms. The van der Waals surface area contributed by atoms with Crippen molar-refractivity contribution in [3.63, 3.8) is 0 Å². The van der Waals surface area contributed by atoms with Crippen LogP contribution >= 0.6 is 11.3 Å². The second-order valence-corrected chi connectivity index (χ2v) is 7.01. The molecular formula is C19H21N3O3S. The van der Waals surface area contributed by atoms with Gasteiger partial charge in [0.2, 0.25) is 5.91 Å². The summed E-state index contributed by atoms with van der Waals surface area (Å²) in [6, 6.07) is 11.7. The second-order valence-electron chi connectivity index (χ2n) is 5.98. The average Bonchev–Trinajstić information content (AvgIpc) is 3.31. The molecular weight excluding hydrogens is 350 g/mol. The van der Waals surface area contributed by atoms with Gasteiger partial charge in [-0.25, -0.2) is 0 Å². The number of amides is 1. The van der Waals surface area contributed by atoms with E-state index in [0.29, 0.717) is 31.1 Å². The normalized spacial score (nSPS) is 10.7. The minimum atomic E-state index is 0.0825. The Morgan fingerprint density at radius 1 is 1.27 bits per heavy atom. The fourth-order valence-corrected chi connectivity index (χ4v) is 3.09. The summed E-state index contributed by atoms with van der Waals surface area (Å²) in [5, 5.41) is 5.93. The fourth-order valence-electron chi connectivity index (χ4n) is 2.40. The van der Waals surface area contributed by atoms with Crippen LogP contribution in [0.3, 0.4) is 0 Å². The van der Waals surface area contributed by atoms with Gasteiger partial charge in [-0.1, -0.05) is 29.4 Å². The lowest BCUT2D eigenvalue weighted by Gasteiger charge is -2.15. The molecule has 0 aliphatic carbocycles. The number of thiophene rings is 1. The molecule has 136 valence electrons. The van der Waals surface area contributed by atoms with E-state index in [1.807, 2.05) is 48.7 Å². The van der Waals surface area contributed by atoms with E-state index in [2.05, 4.69) is 10.1 Å². The predicted molar refractivity (Wildman–Crippen MR) is 99.2 cm³/mol. The lowest BCUT2D eigenvalue weighted by molar-refractivity contribution is -0.129. The third-order valence-corrected chi connectivity index (χ3v) is 4.83. The molecule has 0 radical (unpaired) electrons. The quantitative estimate of drug-likeness (QED) is 0.608. The number of nitrogens with zero attached hydrogens (tertiary/aromatic N) is 3. The number of hydrogen-bond acceptors (Lipinski definition) is 6. The molecule has 0 aliphatic heterocycles. The number of ether oxygens (including phenoxy) is 1. The maximum Gasteiger partial charge on any atom is 0.264 e. The number of likely N-dealkylation sites (N-methyl/N-ethyl adjacent to an activating group) is 1. The number of benzene rings is 1. The van der Waals surface area contributed by atoms with Gasteiger partial charge in [0.05, 0.1) is 6.42 Å². The molecule has 0 unspecified atom stereocenters. The van der Waals surface area contributed by atoms with E-state index in [0.717, 1.165) is 16.2 Å². The zero-order valence-corrected chi connectivity index (χ0v) is 15.7. The van der Waals surface area contributed by atoms with Crippen LogP contribution in [0.4, 0.5) is 0 Å². The molecule has 0 N–H and O–H groups in total. The highest BCUT2D eigenvalue weighted by molar-refractivity contribution is 7.10. The molecule has 3 aromatic rings. The first-order valence-electron chi connectivity index (χ1n) is 8.38. The van der Waals surface area contributed by atoms with Gasteiger partial charge in [0.1, 0.15) is 5.75 Å². The summed E-state index contributed by atoms with van der Waals surface area (Å²) < 4.78 is 10.9. The van der Waals surface area contributed by atoms with Crippen molar-refractivity contribution in [2.45, 2.75) is 26.4 Å². The fraction of sp³-hybridized carbons (Fsp3) is 0.316. The van der Waals surface area contributed by atoms with E-state index in [1.165, 1.54) is 0 Å². The van der Waals surface area contributed by atoms with Crippen LogP contribution < -0.4 is 4.74 Å². The highest BCUT2D eigenvalue weighted by Gasteiger charge is 2.13. The van der Waals surface area contributed by atoms with Crippen LogP contribution in [-0.2, 0) is 24.2 Å². The van der Waals surface area contributed by atoms with Crippen molar-refractivity contribution in [2.75, 3.05) is 13.6 Å². The van der Waals surface area contributed by atoms with Crippen molar-refractivity contribution in [2.24, 2.45) is 0 Å². The second kappa shape index (κ2) is 8.62. The Hall–Kier alpha value is -2.67. The summed E-state index contributed by atoms with van der Waals surface area (Å²) in [5.41, 5.74) is 1.05. The third-order valence-electron chi connectivity index (χ3n) is 3.96. The van der Waals surface area contributed by atoms with Crippen molar-refractivity contribution >= 4 is 17.2 Å². The van der Waals surface area contributed by atoms with Gasteiger partial charge in [0, 0.05) is 24.9 Å². The summed E-state index contributed by atoms with van der Waals surface area (Å²) in [5.74, 6) is 1.88. The minimum absolute atomic E-state index is 0.0825. The Morgan fingerprint density at radius 3 is 2.88 bits per heavy atom. The Bertz CT molecular complexity index is 845.